The largest absolute Gasteiger partial charge is 0.504 e. The van der Waals surface area contributed by atoms with Crippen molar-refractivity contribution in [1.82, 2.24) is 0 Å². The van der Waals surface area contributed by atoms with Crippen LogP contribution in [0.25, 0.3) is 0 Å². The number of hydrogen-bond donors (Lipinski definition) is 1. The van der Waals surface area contributed by atoms with Gasteiger partial charge in [0.2, 0.25) is 0 Å². The van der Waals surface area contributed by atoms with Gasteiger partial charge in [0.05, 0.1) is 33.5 Å². The summed E-state index contributed by atoms with van der Waals surface area (Å²) in [5.41, 5.74) is 1.26. The lowest BCUT2D eigenvalue weighted by molar-refractivity contribution is 0.102. The zero-order valence-corrected chi connectivity index (χ0v) is 14.1. The minimum atomic E-state index is -0.309. The van der Waals surface area contributed by atoms with Gasteiger partial charge in [-0.05, 0) is 29.8 Å². The normalized spacial score (nSPS) is 10.3. The molecule has 1 N–H and O–H groups in total. The van der Waals surface area contributed by atoms with Gasteiger partial charge in [0.25, 0.3) is 0 Å². The van der Waals surface area contributed by atoms with E-state index in [0.29, 0.717) is 22.6 Å². The maximum atomic E-state index is 13.0. The molecule has 0 bridgehead atoms. The number of hydrogen-bond acceptors (Lipinski definition) is 6. The van der Waals surface area contributed by atoms with Crippen LogP contribution in [0.1, 0.15) is 21.5 Å². The molecule has 0 unspecified atom stereocenters. The second-order valence-corrected chi connectivity index (χ2v) is 4.98. The molecule has 24 heavy (non-hydrogen) atoms. The smallest absolute Gasteiger partial charge is 0.197 e. The van der Waals surface area contributed by atoms with Crippen molar-refractivity contribution in [3.8, 4) is 23.0 Å². The second-order valence-electron chi connectivity index (χ2n) is 4.98. The molecule has 0 aliphatic carbocycles. The van der Waals surface area contributed by atoms with Crippen LogP contribution in [0.15, 0.2) is 30.3 Å². The molecular weight excluding hydrogens is 312 g/mol. The SMILES string of the molecule is COCc1ccc(O)c(OC)c1C(=O)c1ccc(OC)c(OC)c1. The van der Waals surface area contributed by atoms with E-state index in [1.807, 2.05) is 0 Å². The van der Waals surface area contributed by atoms with Crippen molar-refractivity contribution >= 4 is 5.78 Å². The fourth-order valence-corrected chi connectivity index (χ4v) is 2.47. The molecule has 0 saturated heterocycles. The molecule has 0 aliphatic rings. The van der Waals surface area contributed by atoms with E-state index < -0.39 is 0 Å². The standard InChI is InChI=1S/C18H20O6/c1-21-10-12-5-7-13(19)18(24-4)16(12)17(20)11-6-8-14(22-2)15(9-11)23-3/h5-9,19H,10H2,1-4H3. The molecule has 0 heterocycles. The molecule has 2 aromatic carbocycles. The Kier molecular flexibility index (Phi) is 5.65. The van der Waals surface area contributed by atoms with E-state index >= 15 is 0 Å². The topological polar surface area (TPSA) is 74.2 Å². The number of phenols is 1. The summed E-state index contributed by atoms with van der Waals surface area (Å²) in [5.74, 6) is 0.658. The van der Waals surface area contributed by atoms with Crippen LogP contribution in [-0.2, 0) is 11.3 Å². The fourth-order valence-electron chi connectivity index (χ4n) is 2.47. The van der Waals surface area contributed by atoms with Gasteiger partial charge < -0.3 is 24.1 Å². The third-order valence-electron chi connectivity index (χ3n) is 3.60. The Bertz CT molecular complexity index is 739. The Morgan fingerprint density at radius 1 is 0.958 bits per heavy atom. The van der Waals surface area contributed by atoms with Crippen LogP contribution in [0.5, 0.6) is 23.0 Å². The summed E-state index contributed by atoms with van der Waals surface area (Å²) < 4.78 is 20.8. The van der Waals surface area contributed by atoms with Crippen molar-refractivity contribution in [3.05, 3.63) is 47.0 Å². The van der Waals surface area contributed by atoms with Gasteiger partial charge >= 0.3 is 0 Å². The number of methoxy groups -OCH3 is 4. The van der Waals surface area contributed by atoms with Crippen LogP contribution in [0.4, 0.5) is 0 Å². The molecule has 2 rings (SSSR count). The molecule has 0 aliphatic heterocycles. The van der Waals surface area contributed by atoms with E-state index in [-0.39, 0.29) is 29.5 Å². The lowest BCUT2D eigenvalue weighted by atomic mass is 9.96. The predicted molar refractivity (Wildman–Crippen MR) is 88.4 cm³/mol. The molecule has 0 atom stereocenters. The van der Waals surface area contributed by atoms with Gasteiger partial charge in [-0.2, -0.15) is 0 Å². The van der Waals surface area contributed by atoms with Crippen LogP contribution >= 0.6 is 0 Å². The van der Waals surface area contributed by atoms with Gasteiger partial charge in [-0.25, -0.2) is 0 Å². The highest BCUT2D eigenvalue weighted by Gasteiger charge is 2.23. The zero-order valence-electron chi connectivity index (χ0n) is 14.1. The molecule has 6 heteroatoms. The van der Waals surface area contributed by atoms with E-state index in [1.54, 1.807) is 24.3 Å². The molecule has 0 aromatic heterocycles. The monoisotopic (exact) mass is 332 g/mol. The Morgan fingerprint density at radius 2 is 1.67 bits per heavy atom. The van der Waals surface area contributed by atoms with Crippen molar-refractivity contribution in [2.75, 3.05) is 28.4 Å². The summed E-state index contributed by atoms with van der Waals surface area (Å²) in [7, 11) is 5.95. The Hall–Kier alpha value is -2.73. The van der Waals surface area contributed by atoms with Crippen LogP contribution in [0, 0.1) is 0 Å². The molecule has 128 valence electrons. The first-order valence-corrected chi connectivity index (χ1v) is 7.21. The lowest BCUT2D eigenvalue weighted by Crippen LogP contribution is -2.09. The van der Waals surface area contributed by atoms with Gasteiger partial charge in [-0.1, -0.05) is 6.07 Å². The minimum absolute atomic E-state index is 0.110. The van der Waals surface area contributed by atoms with Gasteiger partial charge in [-0.15, -0.1) is 0 Å². The molecular formula is C18H20O6. The van der Waals surface area contributed by atoms with E-state index in [2.05, 4.69) is 0 Å². The Labute approximate surface area is 140 Å². The van der Waals surface area contributed by atoms with E-state index in [0.717, 1.165) is 0 Å². The Morgan fingerprint density at radius 3 is 2.25 bits per heavy atom. The van der Waals surface area contributed by atoms with Crippen LogP contribution < -0.4 is 14.2 Å². The molecule has 6 nitrogen and oxygen atoms in total. The van der Waals surface area contributed by atoms with Crippen molar-refractivity contribution in [1.29, 1.82) is 0 Å². The van der Waals surface area contributed by atoms with Crippen LogP contribution in [-0.4, -0.2) is 39.3 Å². The van der Waals surface area contributed by atoms with Crippen molar-refractivity contribution in [2.45, 2.75) is 6.61 Å². The molecule has 2 aromatic rings. The average Bonchev–Trinajstić information content (AvgIpc) is 2.61. The Balaban J connectivity index is 2.58. The summed E-state index contributed by atoms with van der Waals surface area (Å²) in [5, 5.41) is 10.0. The first-order valence-electron chi connectivity index (χ1n) is 7.21. The molecule has 0 radical (unpaired) electrons. The van der Waals surface area contributed by atoms with Gasteiger partial charge in [-0.3, -0.25) is 4.79 Å². The maximum Gasteiger partial charge on any atom is 0.197 e. The molecule has 0 amide bonds. The number of phenolic OH excluding ortho intramolecular Hbond substituents is 1. The third-order valence-corrected chi connectivity index (χ3v) is 3.60. The number of carbonyl (C=O) groups excluding carboxylic acids is 1. The maximum absolute atomic E-state index is 13.0. The van der Waals surface area contributed by atoms with Crippen molar-refractivity contribution < 1.29 is 28.8 Å². The molecule has 0 fully saturated rings. The van der Waals surface area contributed by atoms with Crippen molar-refractivity contribution in [2.24, 2.45) is 0 Å². The first-order chi connectivity index (χ1) is 11.6. The van der Waals surface area contributed by atoms with Gasteiger partial charge in [0, 0.05) is 12.7 Å². The predicted octanol–water partition coefficient (Wildman–Crippen LogP) is 2.80. The highest BCUT2D eigenvalue weighted by Crippen LogP contribution is 2.36. The highest BCUT2D eigenvalue weighted by molar-refractivity contribution is 6.12. The van der Waals surface area contributed by atoms with Gasteiger partial charge in [0.1, 0.15) is 0 Å². The van der Waals surface area contributed by atoms with Gasteiger partial charge in [0.15, 0.2) is 28.8 Å². The number of ether oxygens (including phenoxy) is 4. The first kappa shape index (κ1) is 17.6. The fraction of sp³-hybridized carbons (Fsp3) is 0.278. The van der Waals surface area contributed by atoms with E-state index in [4.69, 9.17) is 18.9 Å². The zero-order chi connectivity index (χ0) is 17.7. The summed E-state index contributed by atoms with van der Waals surface area (Å²) >= 11 is 0. The van der Waals surface area contributed by atoms with Crippen molar-refractivity contribution in [3.63, 3.8) is 0 Å². The van der Waals surface area contributed by atoms with E-state index in [1.165, 1.54) is 34.5 Å². The quantitative estimate of drug-likeness (QED) is 0.786. The number of ketones is 1. The minimum Gasteiger partial charge on any atom is -0.504 e. The second kappa shape index (κ2) is 7.70. The molecule has 0 saturated carbocycles. The summed E-state index contributed by atoms with van der Waals surface area (Å²) in [6, 6.07) is 7.97. The number of carbonyl (C=O) groups is 1. The average molecular weight is 332 g/mol. The highest BCUT2D eigenvalue weighted by atomic mass is 16.5. The number of benzene rings is 2. The summed E-state index contributed by atoms with van der Waals surface area (Å²) in [6.45, 7) is 0.213. The van der Waals surface area contributed by atoms with E-state index in [9.17, 15) is 9.90 Å². The summed E-state index contributed by atoms with van der Waals surface area (Å²) in [6.07, 6.45) is 0. The van der Waals surface area contributed by atoms with Crippen LogP contribution in [0.3, 0.4) is 0 Å². The lowest BCUT2D eigenvalue weighted by Gasteiger charge is -2.15. The summed E-state index contributed by atoms with van der Waals surface area (Å²) in [4.78, 5) is 13.0. The van der Waals surface area contributed by atoms with Crippen LogP contribution in [0.2, 0.25) is 0 Å². The molecule has 0 spiro atoms. The number of rotatable bonds is 7. The number of aromatic hydroxyl groups is 1. The third kappa shape index (κ3) is 3.28.